The van der Waals surface area contributed by atoms with E-state index in [1.165, 1.54) is 35.2 Å². The van der Waals surface area contributed by atoms with Crippen molar-refractivity contribution in [3.8, 4) is 5.69 Å². The monoisotopic (exact) mass is 382 g/mol. The quantitative estimate of drug-likeness (QED) is 0.706. The van der Waals surface area contributed by atoms with Gasteiger partial charge < -0.3 is 10.6 Å². The Hall–Kier alpha value is -3.07. The SMILES string of the molecule is O=C(NC1CCCC1)c1ccc(NC(=O)c2sccc2-n2cnnn2)cc1. The number of rotatable bonds is 5. The third kappa shape index (κ3) is 3.87. The average Bonchev–Trinajstić information content (AvgIpc) is 3.43. The van der Waals surface area contributed by atoms with Gasteiger partial charge in [0.25, 0.3) is 11.8 Å². The Morgan fingerprint density at radius 2 is 1.85 bits per heavy atom. The van der Waals surface area contributed by atoms with Crippen molar-refractivity contribution in [2.45, 2.75) is 31.7 Å². The molecule has 27 heavy (non-hydrogen) atoms. The van der Waals surface area contributed by atoms with E-state index in [1.54, 1.807) is 30.3 Å². The van der Waals surface area contributed by atoms with Gasteiger partial charge in [0.1, 0.15) is 11.2 Å². The fourth-order valence-electron chi connectivity index (χ4n) is 3.16. The molecule has 1 aliphatic rings. The fourth-order valence-corrected chi connectivity index (χ4v) is 3.93. The van der Waals surface area contributed by atoms with Crippen molar-refractivity contribution in [1.82, 2.24) is 25.5 Å². The third-order valence-electron chi connectivity index (χ3n) is 4.54. The number of thiophene rings is 1. The molecule has 9 heteroatoms. The highest BCUT2D eigenvalue weighted by atomic mass is 32.1. The van der Waals surface area contributed by atoms with E-state index in [9.17, 15) is 9.59 Å². The van der Waals surface area contributed by atoms with Crippen LogP contribution in [0.3, 0.4) is 0 Å². The lowest BCUT2D eigenvalue weighted by molar-refractivity contribution is 0.0937. The number of benzene rings is 1. The first-order valence-electron chi connectivity index (χ1n) is 8.74. The summed E-state index contributed by atoms with van der Waals surface area (Å²) in [5.74, 6) is -0.322. The normalized spacial score (nSPS) is 14.2. The van der Waals surface area contributed by atoms with E-state index in [0.717, 1.165) is 12.8 Å². The van der Waals surface area contributed by atoms with E-state index >= 15 is 0 Å². The molecule has 0 saturated heterocycles. The maximum atomic E-state index is 12.6. The Labute approximate surface area is 159 Å². The lowest BCUT2D eigenvalue weighted by Crippen LogP contribution is -2.32. The van der Waals surface area contributed by atoms with Crippen LogP contribution in [0, 0.1) is 0 Å². The van der Waals surface area contributed by atoms with Gasteiger partial charge in [0, 0.05) is 17.3 Å². The molecule has 0 aliphatic heterocycles. The molecular weight excluding hydrogens is 364 g/mol. The predicted octanol–water partition coefficient (Wildman–Crippen LogP) is 2.65. The van der Waals surface area contributed by atoms with Crippen molar-refractivity contribution in [3.05, 3.63) is 52.5 Å². The number of aromatic nitrogens is 4. The Kier molecular flexibility index (Phi) is 4.93. The molecular formula is C18H18N6O2S. The van der Waals surface area contributed by atoms with Crippen LogP contribution in [-0.2, 0) is 0 Å². The Morgan fingerprint density at radius 3 is 2.56 bits per heavy atom. The molecule has 138 valence electrons. The zero-order valence-electron chi connectivity index (χ0n) is 14.5. The number of carbonyl (C=O) groups excluding carboxylic acids is 2. The van der Waals surface area contributed by atoms with Crippen molar-refractivity contribution in [2.24, 2.45) is 0 Å². The predicted molar refractivity (Wildman–Crippen MR) is 101 cm³/mol. The van der Waals surface area contributed by atoms with Gasteiger partial charge in [-0.1, -0.05) is 12.8 Å². The number of nitrogens with zero attached hydrogens (tertiary/aromatic N) is 4. The average molecular weight is 382 g/mol. The molecule has 2 amide bonds. The molecule has 0 unspecified atom stereocenters. The van der Waals surface area contributed by atoms with Gasteiger partial charge in [-0.2, -0.15) is 4.68 Å². The fraction of sp³-hybridized carbons (Fsp3) is 0.278. The van der Waals surface area contributed by atoms with Crippen LogP contribution in [-0.4, -0.2) is 38.1 Å². The van der Waals surface area contributed by atoms with Crippen molar-refractivity contribution in [2.75, 3.05) is 5.32 Å². The first-order chi connectivity index (χ1) is 13.2. The van der Waals surface area contributed by atoms with Crippen LogP contribution < -0.4 is 10.6 Å². The highest BCUT2D eigenvalue weighted by Crippen LogP contribution is 2.22. The van der Waals surface area contributed by atoms with Gasteiger partial charge in [-0.25, -0.2) is 0 Å². The summed E-state index contributed by atoms with van der Waals surface area (Å²) < 4.78 is 1.45. The molecule has 4 rings (SSSR count). The van der Waals surface area contributed by atoms with E-state index in [0.29, 0.717) is 21.8 Å². The Bertz CT molecular complexity index is 929. The van der Waals surface area contributed by atoms with E-state index < -0.39 is 0 Å². The largest absolute Gasteiger partial charge is 0.349 e. The summed E-state index contributed by atoms with van der Waals surface area (Å²) in [6, 6.07) is 8.96. The summed E-state index contributed by atoms with van der Waals surface area (Å²) in [4.78, 5) is 25.4. The lowest BCUT2D eigenvalue weighted by atomic mass is 10.1. The molecule has 0 spiro atoms. The molecule has 2 aromatic heterocycles. The van der Waals surface area contributed by atoms with Gasteiger partial charge in [0.15, 0.2) is 0 Å². The maximum absolute atomic E-state index is 12.6. The minimum Gasteiger partial charge on any atom is -0.349 e. The second kappa shape index (κ2) is 7.67. The Morgan fingerprint density at radius 1 is 1.07 bits per heavy atom. The van der Waals surface area contributed by atoms with Crippen LogP contribution in [0.2, 0.25) is 0 Å². The van der Waals surface area contributed by atoms with E-state index in [2.05, 4.69) is 26.2 Å². The highest BCUT2D eigenvalue weighted by molar-refractivity contribution is 7.12. The van der Waals surface area contributed by atoms with Gasteiger partial charge in [-0.3, -0.25) is 9.59 Å². The van der Waals surface area contributed by atoms with E-state index in [-0.39, 0.29) is 17.9 Å². The molecule has 0 atom stereocenters. The van der Waals surface area contributed by atoms with Crippen LogP contribution >= 0.6 is 11.3 Å². The van der Waals surface area contributed by atoms with Crippen molar-refractivity contribution >= 4 is 28.8 Å². The zero-order valence-corrected chi connectivity index (χ0v) is 15.3. The lowest BCUT2D eigenvalue weighted by Gasteiger charge is -2.12. The van der Waals surface area contributed by atoms with Crippen LogP contribution in [0.5, 0.6) is 0 Å². The molecule has 0 bridgehead atoms. The molecule has 8 nitrogen and oxygen atoms in total. The second-order valence-corrected chi connectivity index (χ2v) is 7.29. The van der Waals surface area contributed by atoms with Crippen LogP contribution in [0.15, 0.2) is 42.0 Å². The van der Waals surface area contributed by atoms with Crippen LogP contribution in [0.25, 0.3) is 5.69 Å². The molecule has 1 saturated carbocycles. The summed E-state index contributed by atoms with van der Waals surface area (Å²) in [6.45, 7) is 0. The van der Waals surface area contributed by atoms with Gasteiger partial charge in [0.2, 0.25) is 0 Å². The number of hydrogen-bond donors (Lipinski definition) is 2. The number of tetrazole rings is 1. The van der Waals surface area contributed by atoms with E-state index in [1.807, 2.05) is 5.38 Å². The van der Waals surface area contributed by atoms with Gasteiger partial charge in [-0.15, -0.1) is 16.4 Å². The van der Waals surface area contributed by atoms with Gasteiger partial charge in [-0.05, 0) is 59.0 Å². The summed E-state index contributed by atoms with van der Waals surface area (Å²) in [5, 5.41) is 18.7. The number of nitrogens with one attached hydrogen (secondary N) is 2. The molecule has 3 aromatic rings. The molecule has 2 heterocycles. The van der Waals surface area contributed by atoms with Crippen LogP contribution in [0.1, 0.15) is 45.7 Å². The summed E-state index contributed by atoms with van der Waals surface area (Å²) in [6.07, 6.45) is 5.88. The second-order valence-electron chi connectivity index (χ2n) is 6.38. The molecule has 1 aromatic carbocycles. The molecule has 2 N–H and O–H groups in total. The minimum atomic E-state index is -0.251. The number of hydrogen-bond acceptors (Lipinski definition) is 6. The van der Waals surface area contributed by atoms with Gasteiger partial charge >= 0.3 is 0 Å². The number of amides is 2. The smallest absolute Gasteiger partial charge is 0.267 e. The summed E-state index contributed by atoms with van der Waals surface area (Å²) >= 11 is 1.31. The molecule has 1 fully saturated rings. The standard InChI is InChI=1S/C18H18N6O2S/c25-17(20-13-3-1-2-4-13)12-5-7-14(8-6-12)21-18(26)16-15(9-10-27-16)24-11-19-22-23-24/h5-11,13H,1-4H2,(H,20,25)(H,21,26). The number of carbonyl (C=O) groups is 2. The minimum absolute atomic E-state index is 0.0704. The van der Waals surface area contributed by atoms with Crippen molar-refractivity contribution < 1.29 is 9.59 Å². The first kappa shape index (κ1) is 17.3. The maximum Gasteiger partial charge on any atom is 0.267 e. The van der Waals surface area contributed by atoms with Crippen LogP contribution in [0.4, 0.5) is 5.69 Å². The zero-order chi connectivity index (χ0) is 18.6. The van der Waals surface area contributed by atoms with E-state index in [4.69, 9.17) is 0 Å². The van der Waals surface area contributed by atoms with Gasteiger partial charge in [0.05, 0.1) is 5.69 Å². The molecule has 1 aliphatic carbocycles. The summed E-state index contributed by atoms with van der Waals surface area (Å²) in [5.41, 5.74) is 1.83. The highest BCUT2D eigenvalue weighted by Gasteiger charge is 2.18. The third-order valence-corrected chi connectivity index (χ3v) is 5.44. The first-order valence-corrected chi connectivity index (χ1v) is 9.62. The van der Waals surface area contributed by atoms with Crippen molar-refractivity contribution in [1.29, 1.82) is 0 Å². The van der Waals surface area contributed by atoms with Crippen molar-refractivity contribution in [3.63, 3.8) is 0 Å². The topological polar surface area (TPSA) is 102 Å². The molecule has 0 radical (unpaired) electrons. The number of anilines is 1. The Balaban J connectivity index is 1.42. The summed E-state index contributed by atoms with van der Waals surface area (Å²) in [7, 11) is 0.